The van der Waals surface area contributed by atoms with Gasteiger partial charge in [0.15, 0.2) is 0 Å². The number of carbonyl (C=O) groups is 1. The Morgan fingerprint density at radius 1 is 1.25 bits per heavy atom. The molecule has 0 spiro atoms. The van der Waals surface area contributed by atoms with E-state index in [1.807, 2.05) is 60.3 Å². The first-order valence-electron chi connectivity index (χ1n) is 6.56. The highest BCUT2D eigenvalue weighted by Crippen LogP contribution is 2.15. The molecule has 0 bridgehead atoms. The van der Waals surface area contributed by atoms with Crippen LogP contribution in [0.25, 0.3) is 0 Å². The van der Waals surface area contributed by atoms with Gasteiger partial charge in [-0.05, 0) is 30.7 Å². The molecule has 2 amide bonds. The monoisotopic (exact) mass is 273 g/mol. The second kappa shape index (κ2) is 6.77. The number of aryl methyl sites for hydroxylation is 1. The third kappa shape index (κ3) is 3.86. The molecule has 20 heavy (non-hydrogen) atoms. The molecule has 1 aromatic heterocycles. The third-order valence-electron chi connectivity index (χ3n) is 3.06. The Balaban J connectivity index is 1.73. The van der Waals surface area contributed by atoms with Crippen molar-refractivity contribution in [2.24, 2.45) is 7.05 Å². The molecule has 0 aliphatic rings. The molecular formula is C15H19N3O2. The number of hydrogen-bond donors (Lipinski definition) is 3. The first-order valence-corrected chi connectivity index (χ1v) is 6.56. The normalized spacial score (nSPS) is 11.9. The number of amides is 2. The van der Waals surface area contributed by atoms with Crippen LogP contribution in [0.2, 0.25) is 0 Å². The number of carbonyl (C=O) groups excluding carboxylic acids is 1. The minimum absolute atomic E-state index is 0.268. The fourth-order valence-corrected chi connectivity index (χ4v) is 1.99. The molecule has 0 saturated heterocycles. The van der Waals surface area contributed by atoms with E-state index in [0.717, 1.165) is 11.4 Å². The Morgan fingerprint density at radius 2 is 2.00 bits per heavy atom. The number of para-hydroxylation sites is 1. The van der Waals surface area contributed by atoms with Gasteiger partial charge in [-0.15, -0.1) is 0 Å². The van der Waals surface area contributed by atoms with Gasteiger partial charge in [-0.3, -0.25) is 0 Å². The van der Waals surface area contributed by atoms with Gasteiger partial charge < -0.3 is 20.3 Å². The molecule has 1 unspecified atom stereocenters. The molecule has 2 aromatic rings. The van der Waals surface area contributed by atoms with Crippen molar-refractivity contribution in [2.45, 2.75) is 12.5 Å². The summed E-state index contributed by atoms with van der Waals surface area (Å²) in [6.45, 7) is 0.408. The SMILES string of the molecule is Cn1cccc1C(O)CCNC(=O)Nc1ccccc1. The lowest BCUT2D eigenvalue weighted by Crippen LogP contribution is -2.30. The van der Waals surface area contributed by atoms with Crippen molar-refractivity contribution >= 4 is 11.7 Å². The highest BCUT2D eigenvalue weighted by molar-refractivity contribution is 5.89. The number of aromatic nitrogens is 1. The molecule has 1 heterocycles. The number of aliphatic hydroxyl groups is 1. The third-order valence-corrected chi connectivity index (χ3v) is 3.06. The maximum atomic E-state index is 11.6. The predicted octanol–water partition coefficient (Wildman–Crippen LogP) is 2.27. The number of nitrogens with zero attached hydrogens (tertiary/aromatic N) is 1. The Kier molecular flexibility index (Phi) is 4.79. The van der Waals surface area contributed by atoms with Crippen molar-refractivity contribution in [1.82, 2.24) is 9.88 Å². The zero-order valence-corrected chi connectivity index (χ0v) is 11.4. The molecule has 1 atom stereocenters. The van der Waals surface area contributed by atoms with Crippen molar-refractivity contribution < 1.29 is 9.90 Å². The molecule has 0 saturated carbocycles. The smallest absolute Gasteiger partial charge is 0.319 e. The van der Waals surface area contributed by atoms with Gasteiger partial charge in [0.1, 0.15) is 0 Å². The van der Waals surface area contributed by atoms with Crippen LogP contribution >= 0.6 is 0 Å². The van der Waals surface area contributed by atoms with Gasteiger partial charge in [-0.2, -0.15) is 0 Å². The van der Waals surface area contributed by atoms with Gasteiger partial charge in [-0.1, -0.05) is 18.2 Å². The highest BCUT2D eigenvalue weighted by Gasteiger charge is 2.10. The van der Waals surface area contributed by atoms with Crippen LogP contribution in [-0.4, -0.2) is 22.2 Å². The lowest BCUT2D eigenvalue weighted by Gasteiger charge is -2.13. The van der Waals surface area contributed by atoms with Crippen LogP contribution in [-0.2, 0) is 7.05 Å². The fourth-order valence-electron chi connectivity index (χ4n) is 1.99. The van der Waals surface area contributed by atoms with Crippen LogP contribution in [0.5, 0.6) is 0 Å². The van der Waals surface area contributed by atoms with Crippen LogP contribution in [0.1, 0.15) is 18.2 Å². The molecule has 0 radical (unpaired) electrons. The van der Waals surface area contributed by atoms with E-state index in [-0.39, 0.29) is 6.03 Å². The number of benzene rings is 1. The number of anilines is 1. The predicted molar refractivity (Wildman–Crippen MR) is 78.5 cm³/mol. The summed E-state index contributed by atoms with van der Waals surface area (Å²) in [4.78, 5) is 11.6. The summed E-state index contributed by atoms with van der Waals surface area (Å²) in [6, 6.07) is 12.7. The second-order valence-corrected chi connectivity index (χ2v) is 4.60. The molecule has 2 rings (SSSR count). The molecule has 0 fully saturated rings. The van der Waals surface area contributed by atoms with E-state index in [4.69, 9.17) is 0 Å². The average Bonchev–Trinajstić information content (AvgIpc) is 2.86. The Morgan fingerprint density at radius 3 is 2.65 bits per heavy atom. The molecule has 3 N–H and O–H groups in total. The number of rotatable bonds is 5. The lowest BCUT2D eigenvalue weighted by molar-refractivity contribution is 0.159. The molecule has 0 aliphatic carbocycles. The maximum absolute atomic E-state index is 11.6. The van der Waals surface area contributed by atoms with Crippen molar-refractivity contribution in [3.8, 4) is 0 Å². The molecular weight excluding hydrogens is 254 g/mol. The highest BCUT2D eigenvalue weighted by atomic mass is 16.3. The molecule has 1 aromatic carbocycles. The van der Waals surface area contributed by atoms with E-state index < -0.39 is 6.10 Å². The van der Waals surface area contributed by atoms with Gasteiger partial charge in [-0.25, -0.2) is 4.79 Å². The summed E-state index contributed by atoms with van der Waals surface area (Å²) in [7, 11) is 1.88. The van der Waals surface area contributed by atoms with Crippen LogP contribution in [0.3, 0.4) is 0 Å². The van der Waals surface area contributed by atoms with Crippen molar-refractivity contribution in [3.05, 3.63) is 54.4 Å². The van der Waals surface area contributed by atoms with Crippen molar-refractivity contribution in [3.63, 3.8) is 0 Å². The summed E-state index contributed by atoms with van der Waals surface area (Å²) in [6.07, 6.45) is 1.78. The summed E-state index contributed by atoms with van der Waals surface area (Å²) in [5.74, 6) is 0. The van der Waals surface area contributed by atoms with Gasteiger partial charge >= 0.3 is 6.03 Å². The molecule has 5 nitrogen and oxygen atoms in total. The number of aliphatic hydroxyl groups excluding tert-OH is 1. The van der Waals surface area contributed by atoms with Crippen molar-refractivity contribution in [2.75, 3.05) is 11.9 Å². The maximum Gasteiger partial charge on any atom is 0.319 e. The number of hydrogen-bond acceptors (Lipinski definition) is 2. The molecule has 106 valence electrons. The van der Waals surface area contributed by atoms with Crippen LogP contribution in [0.4, 0.5) is 10.5 Å². The summed E-state index contributed by atoms with van der Waals surface area (Å²) in [5, 5.41) is 15.4. The Labute approximate surface area is 118 Å². The Hall–Kier alpha value is -2.27. The van der Waals surface area contributed by atoms with E-state index in [0.29, 0.717) is 13.0 Å². The van der Waals surface area contributed by atoms with E-state index in [1.165, 1.54) is 0 Å². The van der Waals surface area contributed by atoms with Crippen LogP contribution < -0.4 is 10.6 Å². The number of nitrogens with one attached hydrogen (secondary N) is 2. The second-order valence-electron chi connectivity index (χ2n) is 4.60. The van der Waals surface area contributed by atoms with Crippen LogP contribution in [0, 0.1) is 0 Å². The first-order chi connectivity index (χ1) is 9.66. The number of urea groups is 1. The van der Waals surface area contributed by atoms with Gasteiger partial charge in [0, 0.05) is 31.2 Å². The van der Waals surface area contributed by atoms with E-state index in [9.17, 15) is 9.90 Å². The lowest BCUT2D eigenvalue weighted by atomic mass is 10.2. The van der Waals surface area contributed by atoms with Gasteiger partial charge in [0.05, 0.1) is 6.10 Å². The van der Waals surface area contributed by atoms with Gasteiger partial charge in [0.25, 0.3) is 0 Å². The molecule has 0 aliphatic heterocycles. The fraction of sp³-hybridized carbons (Fsp3) is 0.267. The largest absolute Gasteiger partial charge is 0.387 e. The summed E-state index contributed by atoms with van der Waals surface area (Å²) in [5.41, 5.74) is 1.59. The van der Waals surface area contributed by atoms with Gasteiger partial charge in [0.2, 0.25) is 0 Å². The summed E-state index contributed by atoms with van der Waals surface area (Å²) < 4.78 is 1.87. The minimum Gasteiger partial charge on any atom is -0.387 e. The first kappa shape index (κ1) is 14.1. The van der Waals surface area contributed by atoms with Crippen LogP contribution in [0.15, 0.2) is 48.7 Å². The minimum atomic E-state index is -0.577. The molecule has 5 heteroatoms. The van der Waals surface area contributed by atoms with E-state index >= 15 is 0 Å². The zero-order chi connectivity index (χ0) is 14.4. The topological polar surface area (TPSA) is 66.3 Å². The summed E-state index contributed by atoms with van der Waals surface area (Å²) >= 11 is 0. The quantitative estimate of drug-likeness (QED) is 0.782. The average molecular weight is 273 g/mol. The Bertz CT molecular complexity index is 551. The van der Waals surface area contributed by atoms with E-state index in [2.05, 4.69) is 10.6 Å². The zero-order valence-electron chi connectivity index (χ0n) is 11.4. The van der Waals surface area contributed by atoms with E-state index in [1.54, 1.807) is 0 Å². The van der Waals surface area contributed by atoms with Crippen molar-refractivity contribution in [1.29, 1.82) is 0 Å². The standard InChI is InChI=1S/C15H19N3O2/c1-18-11-5-8-13(18)14(19)9-10-16-15(20)17-12-6-3-2-4-7-12/h2-8,11,14,19H,9-10H2,1H3,(H2,16,17,20).